The van der Waals surface area contributed by atoms with Gasteiger partial charge in [0.1, 0.15) is 5.82 Å². The van der Waals surface area contributed by atoms with E-state index in [4.69, 9.17) is 0 Å². The van der Waals surface area contributed by atoms with Gasteiger partial charge >= 0.3 is 0 Å². The number of nitrogens with zero attached hydrogens (tertiary/aromatic N) is 2. The second-order valence-corrected chi connectivity index (χ2v) is 8.11. The third kappa shape index (κ3) is 6.16. The largest absolute Gasteiger partial charge is 0.345 e. The summed E-state index contributed by atoms with van der Waals surface area (Å²) >= 11 is 0. The van der Waals surface area contributed by atoms with Gasteiger partial charge in [0.15, 0.2) is 0 Å². The van der Waals surface area contributed by atoms with Crippen molar-refractivity contribution in [3.8, 4) is 0 Å². The Morgan fingerprint density at radius 2 is 1.82 bits per heavy atom. The summed E-state index contributed by atoms with van der Waals surface area (Å²) in [6.45, 7) is 5.97. The zero-order chi connectivity index (χ0) is 19.9. The van der Waals surface area contributed by atoms with Crippen molar-refractivity contribution < 1.29 is 9.18 Å². The molecule has 0 atom stereocenters. The van der Waals surface area contributed by atoms with E-state index in [1.807, 2.05) is 30.1 Å². The van der Waals surface area contributed by atoms with Crippen molar-refractivity contribution in [2.45, 2.75) is 32.6 Å². The maximum atomic E-state index is 13.3. The Kier molecular flexibility index (Phi) is 7.21. The Labute approximate surface area is 168 Å². The molecule has 1 saturated heterocycles. The molecule has 150 valence electrons. The van der Waals surface area contributed by atoms with Gasteiger partial charge in [0.05, 0.1) is 6.42 Å². The van der Waals surface area contributed by atoms with E-state index >= 15 is 0 Å². The lowest BCUT2D eigenvalue weighted by atomic mass is 9.95. The summed E-state index contributed by atoms with van der Waals surface area (Å²) in [6, 6.07) is 15.1. The van der Waals surface area contributed by atoms with Gasteiger partial charge in [-0.25, -0.2) is 4.39 Å². The van der Waals surface area contributed by atoms with Crippen LogP contribution in [-0.2, 0) is 17.6 Å². The SMILES string of the molecule is Cc1cccc(CC(=O)N(C)CC2CCN(CCc3cccc(F)c3)CC2)c1. The number of hydrogen-bond donors (Lipinski definition) is 0. The van der Waals surface area contributed by atoms with Crippen molar-refractivity contribution in [1.82, 2.24) is 9.80 Å². The lowest BCUT2D eigenvalue weighted by molar-refractivity contribution is -0.129. The Morgan fingerprint density at radius 3 is 2.54 bits per heavy atom. The van der Waals surface area contributed by atoms with Crippen LogP contribution >= 0.6 is 0 Å². The molecule has 0 saturated carbocycles. The lowest BCUT2D eigenvalue weighted by Gasteiger charge is -2.34. The van der Waals surface area contributed by atoms with Crippen molar-refractivity contribution in [1.29, 1.82) is 0 Å². The van der Waals surface area contributed by atoms with Crippen molar-refractivity contribution in [2.24, 2.45) is 5.92 Å². The van der Waals surface area contributed by atoms with Crippen LogP contribution in [0, 0.1) is 18.7 Å². The number of rotatable bonds is 7. The van der Waals surface area contributed by atoms with E-state index in [1.54, 1.807) is 12.1 Å². The Morgan fingerprint density at radius 1 is 1.11 bits per heavy atom. The zero-order valence-corrected chi connectivity index (χ0v) is 17.0. The summed E-state index contributed by atoms with van der Waals surface area (Å²) in [7, 11) is 1.93. The Bertz CT molecular complexity index is 784. The second-order valence-electron chi connectivity index (χ2n) is 8.11. The van der Waals surface area contributed by atoms with E-state index in [0.29, 0.717) is 12.3 Å². The molecular formula is C24H31FN2O. The summed E-state index contributed by atoms with van der Waals surface area (Å²) in [6.07, 6.45) is 3.60. The van der Waals surface area contributed by atoms with Crippen molar-refractivity contribution in [3.05, 3.63) is 71.0 Å². The van der Waals surface area contributed by atoms with Crippen LogP contribution < -0.4 is 0 Å². The minimum Gasteiger partial charge on any atom is -0.345 e. The Balaban J connectivity index is 1.39. The first kappa shape index (κ1) is 20.5. The summed E-state index contributed by atoms with van der Waals surface area (Å²) < 4.78 is 13.3. The number of amides is 1. The molecule has 0 bridgehead atoms. The fourth-order valence-electron chi connectivity index (χ4n) is 3.99. The number of likely N-dealkylation sites (N-methyl/N-ethyl adjacent to an activating group) is 1. The first-order chi connectivity index (χ1) is 13.5. The van der Waals surface area contributed by atoms with Crippen molar-refractivity contribution >= 4 is 5.91 Å². The van der Waals surface area contributed by atoms with Crippen LogP contribution in [0.5, 0.6) is 0 Å². The number of piperidine rings is 1. The van der Waals surface area contributed by atoms with Gasteiger partial charge in [-0.15, -0.1) is 0 Å². The van der Waals surface area contributed by atoms with E-state index in [2.05, 4.69) is 24.0 Å². The topological polar surface area (TPSA) is 23.6 Å². The van der Waals surface area contributed by atoms with Crippen LogP contribution in [0.3, 0.4) is 0 Å². The zero-order valence-electron chi connectivity index (χ0n) is 17.0. The number of likely N-dealkylation sites (tertiary alicyclic amines) is 1. The summed E-state index contributed by atoms with van der Waals surface area (Å²) in [5, 5.41) is 0. The number of carbonyl (C=O) groups is 1. The number of benzene rings is 2. The number of hydrogen-bond acceptors (Lipinski definition) is 2. The van der Waals surface area contributed by atoms with E-state index in [-0.39, 0.29) is 11.7 Å². The smallest absolute Gasteiger partial charge is 0.226 e. The second kappa shape index (κ2) is 9.83. The van der Waals surface area contributed by atoms with E-state index in [1.165, 1.54) is 11.6 Å². The fraction of sp³-hybridized carbons (Fsp3) is 0.458. The van der Waals surface area contributed by atoms with Crippen LogP contribution in [0.1, 0.15) is 29.5 Å². The average molecular weight is 383 g/mol. The highest BCUT2D eigenvalue weighted by molar-refractivity contribution is 5.78. The third-order valence-corrected chi connectivity index (χ3v) is 5.71. The third-order valence-electron chi connectivity index (χ3n) is 5.71. The highest BCUT2D eigenvalue weighted by Gasteiger charge is 2.22. The van der Waals surface area contributed by atoms with Gasteiger partial charge in [-0.3, -0.25) is 4.79 Å². The minimum atomic E-state index is -0.158. The highest BCUT2D eigenvalue weighted by atomic mass is 19.1. The summed E-state index contributed by atoms with van der Waals surface area (Å²) in [5.41, 5.74) is 3.34. The van der Waals surface area contributed by atoms with E-state index < -0.39 is 0 Å². The number of carbonyl (C=O) groups excluding carboxylic acids is 1. The molecule has 1 heterocycles. The number of halogens is 1. The van der Waals surface area contributed by atoms with Crippen molar-refractivity contribution in [2.75, 3.05) is 33.2 Å². The first-order valence-electron chi connectivity index (χ1n) is 10.3. The van der Waals surface area contributed by atoms with Gasteiger partial charge in [-0.05, 0) is 68.5 Å². The molecule has 0 unspecified atom stereocenters. The molecule has 1 fully saturated rings. The molecule has 0 spiro atoms. The minimum absolute atomic E-state index is 0.158. The Hall–Kier alpha value is -2.20. The number of aryl methyl sites for hydroxylation is 1. The van der Waals surface area contributed by atoms with Gasteiger partial charge in [-0.1, -0.05) is 42.0 Å². The lowest BCUT2D eigenvalue weighted by Crippen LogP contribution is -2.40. The molecule has 4 heteroatoms. The summed E-state index contributed by atoms with van der Waals surface area (Å²) in [4.78, 5) is 16.9. The molecule has 1 amide bonds. The first-order valence-corrected chi connectivity index (χ1v) is 10.3. The molecule has 3 nitrogen and oxygen atoms in total. The fourth-order valence-corrected chi connectivity index (χ4v) is 3.99. The van der Waals surface area contributed by atoms with E-state index in [9.17, 15) is 9.18 Å². The monoisotopic (exact) mass is 382 g/mol. The molecule has 0 aromatic heterocycles. The molecule has 1 aliphatic heterocycles. The van der Waals surface area contributed by atoms with Gasteiger partial charge in [-0.2, -0.15) is 0 Å². The highest BCUT2D eigenvalue weighted by Crippen LogP contribution is 2.19. The van der Waals surface area contributed by atoms with Crippen LogP contribution in [-0.4, -0.2) is 48.9 Å². The van der Waals surface area contributed by atoms with Crippen molar-refractivity contribution in [3.63, 3.8) is 0 Å². The van der Waals surface area contributed by atoms with Gasteiger partial charge in [0.2, 0.25) is 5.91 Å². The molecule has 2 aromatic carbocycles. The molecule has 0 radical (unpaired) electrons. The predicted octanol–water partition coefficient (Wildman–Crippen LogP) is 4.09. The molecular weight excluding hydrogens is 351 g/mol. The quantitative estimate of drug-likeness (QED) is 0.720. The van der Waals surface area contributed by atoms with Gasteiger partial charge in [0, 0.05) is 20.1 Å². The van der Waals surface area contributed by atoms with Crippen LogP contribution in [0.15, 0.2) is 48.5 Å². The maximum absolute atomic E-state index is 13.3. The van der Waals surface area contributed by atoms with Crippen LogP contribution in [0.4, 0.5) is 4.39 Å². The predicted molar refractivity (Wildman–Crippen MR) is 112 cm³/mol. The van der Waals surface area contributed by atoms with E-state index in [0.717, 1.165) is 56.6 Å². The van der Waals surface area contributed by atoms with Gasteiger partial charge in [0.25, 0.3) is 0 Å². The molecule has 0 N–H and O–H groups in total. The average Bonchev–Trinajstić information content (AvgIpc) is 2.67. The van der Waals surface area contributed by atoms with Crippen LogP contribution in [0.25, 0.3) is 0 Å². The normalized spacial score (nSPS) is 15.5. The summed E-state index contributed by atoms with van der Waals surface area (Å²) in [5.74, 6) is 0.602. The molecule has 28 heavy (non-hydrogen) atoms. The molecule has 1 aliphatic rings. The molecule has 3 rings (SSSR count). The van der Waals surface area contributed by atoms with Crippen LogP contribution in [0.2, 0.25) is 0 Å². The van der Waals surface area contributed by atoms with Gasteiger partial charge < -0.3 is 9.80 Å². The maximum Gasteiger partial charge on any atom is 0.226 e. The molecule has 2 aromatic rings. The molecule has 0 aliphatic carbocycles. The standard InChI is InChI=1S/C24H31FN2O/c1-19-5-3-7-22(15-19)17-24(28)26(2)18-21-10-13-27(14-11-21)12-9-20-6-4-8-23(25)16-20/h3-8,15-16,21H,9-14,17-18H2,1-2H3.